The Bertz CT molecular complexity index is 767. The number of carbonyl (C=O) groups is 1. The molecule has 3 rings (SSSR count). The van der Waals surface area contributed by atoms with Crippen molar-refractivity contribution < 1.29 is 9.53 Å². The van der Waals surface area contributed by atoms with Crippen molar-refractivity contribution in [3.8, 4) is 6.07 Å². The zero-order valence-corrected chi connectivity index (χ0v) is 13.2. The smallest absolute Gasteiger partial charge is 0.202 e. The van der Waals surface area contributed by atoms with E-state index < -0.39 is 11.3 Å². The molecule has 2 aromatic rings. The standard InChI is InChI=1S/C20H18N2O2/c21-14-20(17(11-12-23)15-7-3-1-4-8-15)18(13-24-19(20)22)16-9-5-2-6-10-16/h1-10,12,17-18,22H,11,13H2. The monoisotopic (exact) mass is 318 g/mol. The van der Waals surface area contributed by atoms with E-state index >= 15 is 0 Å². The second-order valence-corrected chi connectivity index (χ2v) is 5.95. The van der Waals surface area contributed by atoms with E-state index in [9.17, 15) is 10.1 Å². The molecule has 0 radical (unpaired) electrons. The molecule has 1 aliphatic rings. The van der Waals surface area contributed by atoms with E-state index in [4.69, 9.17) is 10.1 Å². The molecule has 3 unspecified atom stereocenters. The van der Waals surface area contributed by atoms with Crippen molar-refractivity contribution in [2.45, 2.75) is 18.3 Å². The highest BCUT2D eigenvalue weighted by molar-refractivity contribution is 5.88. The van der Waals surface area contributed by atoms with Gasteiger partial charge in [0.25, 0.3) is 0 Å². The number of carbonyl (C=O) groups excluding carboxylic acids is 1. The van der Waals surface area contributed by atoms with Gasteiger partial charge in [-0.2, -0.15) is 5.26 Å². The van der Waals surface area contributed by atoms with Gasteiger partial charge in [-0.25, -0.2) is 0 Å². The molecule has 120 valence electrons. The number of rotatable bonds is 5. The summed E-state index contributed by atoms with van der Waals surface area (Å²) in [7, 11) is 0. The van der Waals surface area contributed by atoms with Crippen molar-refractivity contribution in [1.82, 2.24) is 0 Å². The maximum absolute atomic E-state index is 11.3. The third-order valence-electron chi connectivity index (χ3n) is 4.79. The van der Waals surface area contributed by atoms with E-state index in [0.29, 0.717) is 0 Å². The minimum Gasteiger partial charge on any atom is -0.479 e. The Morgan fingerprint density at radius 3 is 2.42 bits per heavy atom. The minimum atomic E-state index is -1.18. The molecule has 0 bridgehead atoms. The second kappa shape index (κ2) is 6.67. The lowest BCUT2D eigenvalue weighted by Gasteiger charge is -2.33. The molecule has 0 amide bonds. The fourth-order valence-electron chi connectivity index (χ4n) is 3.59. The molecule has 1 fully saturated rings. The average molecular weight is 318 g/mol. The molecular formula is C20H18N2O2. The van der Waals surface area contributed by atoms with E-state index in [1.807, 2.05) is 60.7 Å². The SMILES string of the molecule is N#CC1(C(CC=O)c2ccccc2)C(=N)OCC1c1ccccc1. The number of hydrogen-bond acceptors (Lipinski definition) is 4. The zero-order valence-electron chi connectivity index (χ0n) is 13.2. The Kier molecular flexibility index (Phi) is 4.43. The molecule has 3 atom stereocenters. The highest BCUT2D eigenvalue weighted by atomic mass is 16.5. The van der Waals surface area contributed by atoms with Gasteiger partial charge in [-0.3, -0.25) is 5.41 Å². The molecule has 0 aromatic heterocycles. The topological polar surface area (TPSA) is 73.9 Å². The summed E-state index contributed by atoms with van der Waals surface area (Å²) in [5.74, 6) is -0.739. The van der Waals surface area contributed by atoms with Crippen LogP contribution in [-0.2, 0) is 9.53 Å². The number of nitriles is 1. The van der Waals surface area contributed by atoms with Gasteiger partial charge in [0.1, 0.15) is 11.7 Å². The molecule has 1 heterocycles. The predicted octanol–water partition coefficient (Wildman–Crippen LogP) is 3.66. The summed E-state index contributed by atoms with van der Waals surface area (Å²) < 4.78 is 5.52. The van der Waals surface area contributed by atoms with Crippen LogP contribution in [0.1, 0.15) is 29.4 Å². The van der Waals surface area contributed by atoms with E-state index in [2.05, 4.69) is 6.07 Å². The Labute approximate surface area is 141 Å². The molecule has 24 heavy (non-hydrogen) atoms. The molecule has 0 spiro atoms. The Morgan fingerprint density at radius 1 is 1.21 bits per heavy atom. The first-order valence-electron chi connectivity index (χ1n) is 7.90. The Morgan fingerprint density at radius 2 is 1.83 bits per heavy atom. The van der Waals surface area contributed by atoms with E-state index in [1.54, 1.807) is 0 Å². The van der Waals surface area contributed by atoms with Gasteiger partial charge in [-0.1, -0.05) is 60.7 Å². The molecule has 1 saturated heterocycles. The third kappa shape index (κ3) is 2.48. The first kappa shape index (κ1) is 15.9. The van der Waals surface area contributed by atoms with Crippen LogP contribution in [0.3, 0.4) is 0 Å². The number of benzene rings is 2. The first-order valence-corrected chi connectivity index (χ1v) is 7.90. The fourth-order valence-corrected chi connectivity index (χ4v) is 3.59. The predicted molar refractivity (Wildman–Crippen MR) is 90.8 cm³/mol. The number of nitrogens with zero attached hydrogens (tertiary/aromatic N) is 1. The fraction of sp³-hybridized carbons (Fsp3) is 0.250. The molecule has 0 aliphatic carbocycles. The van der Waals surface area contributed by atoms with Crippen LogP contribution < -0.4 is 0 Å². The van der Waals surface area contributed by atoms with Gasteiger partial charge in [0.15, 0.2) is 0 Å². The van der Waals surface area contributed by atoms with Crippen LogP contribution in [0.5, 0.6) is 0 Å². The first-order chi connectivity index (χ1) is 11.7. The molecule has 4 nitrogen and oxygen atoms in total. The molecule has 2 aromatic carbocycles. The van der Waals surface area contributed by atoms with Crippen LogP contribution in [0.15, 0.2) is 60.7 Å². The van der Waals surface area contributed by atoms with Crippen molar-refractivity contribution in [3.63, 3.8) is 0 Å². The van der Waals surface area contributed by atoms with Crippen molar-refractivity contribution in [3.05, 3.63) is 71.8 Å². The summed E-state index contributed by atoms with van der Waals surface area (Å²) in [5.41, 5.74) is 0.652. The highest BCUT2D eigenvalue weighted by Crippen LogP contribution is 2.52. The van der Waals surface area contributed by atoms with Gasteiger partial charge in [0.2, 0.25) is 5.90 Å². The van der Waals surface area contributed by atoms with Crippen molar-refractivity contribution in [1.29, 1.82) is 10.7 Å². The van der Waals surface area contributed by atoms with Gasteiger partial charge < -0.3 is 9.53 Å². The quantitative estimate of drug-likeness (QED) is 0.855. The number of hydrogen-bond donors (Lipinski definition) is 1. The van der Waals surface area contributed by atoms with Crippen molar-refractivity contribution >= 4 is 12.2 Å². The van der Waals surface area contributed by atoms with Crippen LogP contribution >= 0.6 is 0 Å². The minimum absolute atomic E-state index is 0.0467. The molecule has 0 saturated carbocycles. The van der Waals surface area contributed by atoms with Gasteiger partial charge in [0.05, 0.1) is 12.7 Å². The zero-order chi connectivity index (χ0) is 17.0. The lowest BCUT2D eigenvalue weighted by atomic mass is 9.63. The van der Waals surface area contributed by atoms with Crippen LogP contribution in [0, 0.1) is 22.2 Å². The van der Waals surface area contributed by atoms with E-state index in [0.717, 1.165) is 17.4 Å². The molecular weight excluding hydrogens is 300 g/mol. The third-order valence-corrected chi connectivity index (χ3v) is 4.79. The summed E-state index contributed by atoms with van der Waals surface area (Å²) >= 11 is 0. The lowest BCUT2D eigenvalue weighted by molar-refractivity contribution is -0.108. The second-order valence-electron chi connectivity index (χ2n) is 5.95. The normalized spacial score (nSPS) is 24.0. The maximum atomic E-state index is 11.3. The van der Waals surface area contributed by atoms with Gasteiger partial charge in [-0.05, 0) is 11.1 Å². The summed E-state index contributed by atoms with van der Waals surface area (Å²) in [6, 6.07) is 21.5. The van der Waals surface area contributed by atoms with Crippen molar-refractivity contribution in [2.75, 3.05) is 6.61 Å². The summed E-state index contributed by atoms with van der Waals surface area (Å²) in [6.07, 6.45) is 0.997. The van der Waals surface area contributed by atoms with Crippen LogP contribution in [0.4, 0.5) is 0 Å². The largest absolute Gasteiger partial charge is 0.479 e. The number of aldehydes is 1. The van der Waals surface area contributed by atoms with Gasteiger partial charge >= 0.3 is 0 Å². The molecule has 1 N–H and O–H groups in total. The van der Waals surface area contributed by atoms with Crippen LogP contribution in [0.25, 0.3) is 0 Å². The van der Waals surface area contributed by atoms with Gasteiger partial charge in [0, 0.05) is 18.3 Å². The van der Waals surface area contributed by atoms with Crippen LogP contribution in [0.2, 0.25) is 0 Å². The van der Waals surface area contributed by atoms with E-state index in [1.165, 1.54) is 0 Å². The van der Waals surface area contributed by atoms with Crippen LogP contribution in [-0.4, -0.2) is 18.8 Å². The molecule has 4 heteroatoms. The van der Waals surface area contributed by atoms with E-state index in [-0.39, 0.29) is 24.8 Å². The summed E-state index contributed by atoms with van der Waals surface area (Å²) in [6.45, 7) is 0.276. The number of ether oxygens (including phenoxy) is 1. The highest BCUT2D eigenvalue weighted by Gasteiger charge is 2.56. The molecule has 1 aliphatic heterocycles. The van der Waals surface area contributed by atoms with Crippen molar-refractivity contribution in [2.24, 2.45) is 5.41 Å². The number of nitrogens with one attached hydrogen (secondary N) is 1. The average Bonchev–Trinajstić information content (AvgIpc) is 2.98. The Balaban J connectivity index is 2.15. The summed E-state index contributed by atoms with van der Waals surface area (Å²) in [4.78, 5) is 11.3. The van der Waals surface area contributed by atoms with Gasteiger partial charge in [-0.15, -0.1) is 0 Å². The maximum Gasteiger partial charge on any atom is 0.202 e. The lowest BCUT2D eigenvalue weighted by Crippen LogP contribution is -2.37. The summed E-state index contributed by atoms with van der Waals surface area (Å²) in [5, 5.41) is 18.4. The Hall–Kier alpha value is -2.93.